The predicted molar refractivity (Wildman–Crippen MR) is 134 cm³/mol. The van der Waals surface area contributed by atoms with Crippen molar-refractivity contribution in [2.45, 2.75) is 24.5 Å². The molecular weight excluding hydrogens is 462 g/mol. The summed E-state index contributed by atoms with van der Waals surface area (Å²) in [5.74, 6) is 0.379. The number of hydrogen-bond donors (Lipinski definition) is 3. The zero-order valence-corrected chi connectivity index (χ0v) is 20.1. The molecule has 0 saturated carbocycles. The molecule has 0 fully saturated rings. The molecular formula is C28H29NO7. The summed E-state index contributed by atoms with van der Waals surface area (Å²) in [5, 5.41) is 23.9. The first-order valence-electron chi connectivity index (χ1n) is 11.6. The number of carbonyl (C=O) groups excluding carboxylic acids is 2. The molecule has 1 aliphatic carbocycles. The standard InChI is InChI=1S/C28H29NO7/c1-34-24-13-17(15-30)14-25(35-2)26(24)27(32)23(31)11-12-29-28(33)36-16-22-20-9-5-3-7-18(20)19-8-4-6-10-21(19)22/h3-10,13-15,22-23,27,31-32H,11-12,16H2,1-2H3,(H,29,33). The Labute approximate surface area is 209 Å². The molecule has 0 spiro atoms. The van der Waals surface area contributed by atoms with Crippen LogP contribution in [0, 0.1) is 0 Å². The molecule has 0 radical (unpaired) electrons. The van der Waals surface area contributed by atoms with Crippen molar-refractivity contribution in [2.24, 2.45) is 0 Å². The lowest BCUT2D eigenvalue weighted by Crippen LogP contribution is -2.31. The van der Waals surface area contributed by atoms with Gasteiger partial charge in [-0.05, 0) is 40.8 Å². The number of aldehydes is 1. The van der Waals surface area contributed by atoms with Gasteiger partial charge in [0.1, 0.15) is 30.5 Å². The molecule has 0 bridgehead atoms. The Kier molecular flexibility index (Phi) is 7.87. The average Bonchev–Trinajstić information content (AvgIpc) is 3.24. The predicted octanol–water partition coefficient (Wildman–Crippen LogP) is 3.84. The molecule has 3 N–H and O–H groups in total. The van der Waals surface area contributed by atoms with Gasteiger partial charge in [0.2, 0.25) is 0 Å². The van der Waals surface area contributed by atoms with E-state index in [-0.39, 0.29) is 42.6 Å². The minimum absolute atomic E-state index is 0.0487. The van der Waals surface area contributed by atoms with Gasteiger partial charge in [0.05, 0.1) is 25.9 Å². The van der Waals surface area contributed by atoms with Crippen molar-refractivity contribution in [1.82, 2.24) is 5.32 Å². The number of nitrogens with one attached hydrogen (secondary N) is 1. The van der Waals surface area contributed by atoms with Gasteiger partial charge in [-0.2, -0.15) is 0 Å². The van der Waals surface area contributed by atoms with Gasteiger partial charge in [0.15, 0.2) is 0 Å². The van der Waals surface area contributed by atoms with Gasteiger partial charge in [-0.15, -0.1) is 0 Å². The van der Waals surface area contributed by atoms with Gasteiger partial charge in [0, 0.05) is 18.0 Å². The first-order chi connectivity index (χ1) is 17.5. The van der Waals surface area contributed by atoms with Gasteiger partial charge in [-0.3, -0.25) is 4.79 Å². The molecule has 0 heterocycles. The van der Waals surface area contributed by atoms with E-state index >= 15 is 0 Å². The van der Waals surface area contributed by atoms with Crippen LogP contribution >= 0.6 is 0 Å². The fourth-order valence-corrected chi connectivity index (χ4v) is 4.64. The van der Waals surface area contributed by atoms with Crippen molar-refractivity contribution in [2.75, 3.05) is 27.4 Å². The van der Waals surface area contributed by atoms with Crippen molar-refractivity contribution in [3.63, 3.8) is 0 Å². The van der Waals surface area contributed by atoms with Crippen molar-refractivity contribution < 1.29 is 34.0 Å². The molecule has 3 aromatic rings. The number of amides is 1. The SMILES string of the molecule is COc1cc(C=O)cc(OC)c1C(O)C(O)CCNC(=O)OCC1c2ccccc2-c2ccccc21. The molecule has 1 aliphatic rings. The molecule has 0 saturated heterocycles. The molecule has 188 valence electrons. The first kappa shape index (κ1) is 25.2. The second-order valence-electron chi connectivity index (χ2n) is 8.51. The molecule has 2 unspecified atom stereocenters. The summed E-state index contributed by atoms with van der Waals surface area (Å²) in [7, 11) is 2.79. The smallest absolute Gasteiger partial charge is 0.407 e. The molecule has 2 atom stereocenters. The van der Waals surface area contributed by atoms with Crippen LogP contribution in [-0.4, -0.2) is 56.1 Å². The zero-order valence-electron chi connectivity index (χ0n) is 20.1. The highest BCUT2D eigenvalue weighted by molar-refractivity contribution is 5.79. The Morgan fingerprint density at radius 1 is 0.972 bits per heavy atom. The van der Waals surface area contributed by atoms with Crippen LogP contribution in [0.25, 0.3) is 11.1 Å². The second-order valence-corrected chi connectivity index (χ2v) is 8.51. The quantitative estimate of drug-likeness (QED) is 0.369. The number of fused-ring (bicyclic) bond motifs is 3. The van der Waals surface area contributed by atoms with Crippen molar-refractivity contribution in [3.8, 4) is 22.6 Å². The first-order valence-corrected chi connectivity index (χ1v) is 11.6. The van der Waals surface area contributed by atoms with Crippen molar-refractivity contribution in [3.05, 3.63) is 82.9 Å². The van der Waals surface area contributed by atoms with Gasteiger partial charge in [-0.1, -0.05) is 48.5 Å². The summed E-state index contributed by atoms with van der Waals surface area (Å²) in [6, 6.07) is 19.1. The number of benzene rings is 3. The number of aliphatic hydroxyl groups excluding tert-OH is 2. The third-order valence-corrected chi connectivity index (χ3v) is 6.42. The monoisotopic (exact) mass is 491 g/mol. The number of aliphatic hydroxyl groups is 2. The van der Waals surface area contributed by atoms with Crippen LogP contribution < -0.4 is 14.8 Å². The summed E-state index contributed by atoms with van der Waals surface area (Å²) in [6.07, 6.45) is -2.52. The molecule has 3 aromatic carbocycles. The Hall–Kier alpha value is -3.88. The lowest BCUT2D eigenvalue weighted by Gasteiger charge is -2.23. The van der Waals surface area contributed by atoms with Crippen LogP contribution in [-0.2, 0) is 4.74 Å². The van der Waals surface area contributed by atoms with E-state index in [1.807, 2.05) is 36.4 Å². The fourth-order valence-electron chi connectivity index (χ4n) is 4.64. The maximum Gasteiger partial charge on any atom is 0.407 e. The van der Waals surface area contributed by atoms with Gasteiger partial charge >= 0.3 is 6.09 Å². The minimum Gasteiger partial charge on any atom is -0.496 e. The highest BCUT2D eigenvalue weighted by Crippen LogP contribution is 2.44. The maximum absolute atomic E-state index is 12.4. The zero-order chi connectivity index (χ0) is 25.7. The van der Waals surface area contributed by atoms with E-state index in [4.69, 9.17) is 14.2 Å². The number of ether oxygens (including phenoxy) is 3. The van der Waals surface area contributed by atoms with E-state index in [1.165, 1.54) is 26.4 Å². The molecule has 4 rings (SSSR count). The van der Waals surface area contributed by atoms with E-state index in [1.54, 1.807) is 0 Å². The van der Waals surface area contributed by atoms with Gasteiger partial charge in [-0.25, -0.2) is 4.79 Å². The Bertz CT molecular complexity index is 1170. The Morgan fingerprint density at radius 3 is 2.06 bits per heavy atom. The van der Waals surface area contributed by atoms with Gasteiger partial charge < -0.3 is 29.7 Å². The number of hydrogen-bond acceptors (Lipinski definition) is 7. The second kappa shape index (κ2) is 11.2. The molecule has 0 aliphatic heterocycles. The normalized spacial score (nSPS) is 13.8. The van der Waals surface area contributed by atoms with Crippen LogP contribution in [0.15, 0.2) is 60.7 Å². The highest BCUT2D eigenvalue weighted by atomic mass is 16.5. The summed E-state index contributed by atoms with van der Waals surface area (Å²) in [4.78, 5) is 23.5. The number of rotatable bonds is 10. The maximum atomic E-state index is 12.4. The summed E-state index contributed by atoms with van der Waals surface area (Å²) >= 11 is 0. The largest absolute Gasteiger partial charge is 0.496 e. The van der Waals surface area contributed by atoms with E-state index in [0.29, 0.717) is 11.8 Å². The Morgan fingerprint density at radius 2 is 1.53 bits per heavy atom. The molecule has 8 heteroatoms. The molecule has 1 amide bonds. The van der Waals surface area contributed by atoms with E-state index in [2.05, 4.69) is 17.4 Å². The molecule has 0 aromatic heterocycles. The average molecular weight is 492 g/mol. The van der Waals surface area contributed by atoms with E-state index < -0.39 is 18.3 Å². The number of alkyl carbamates (subject to hydrolysis) is 1. The van der Waals surface area contributed by atoms with Crippen LogP contribution in [0.5, 0.6) is 11.5 Å². The summed E-state index contributed by atoms with van der Waals surface area (Å²) < 4.78 is 16.0. The summed E-state index contributed by atoms with van der Waals surface area (Å²) in [6.45, 7) is 0.258. The summed E-state index contributed by atoms with van der Waals surface area (Å²) in [5.41, 5.74) is 5.06. The van der Waals surface area contributed by atoms with Gasteiger partial charge in [0.25, 0.3) is 0 Å². The van der Waals surface area contributed by atoms with Crippen LogP contribution in [0.4, 0.5) is 4.79 Å². The van der Waals surface area contributed by atoms with E-state index in [0.717, 1.165) is 22.3 Å². The third-order valence-electron chi connectivity index (χ3n) is 6.42. The van der Waals surface area contributed by atoms with E-state index in [9.17, 15) is 19.8 Å². The highest BCUT2D eigenvalue weighted by Gasteiger charge is 2.29. The number of methoxy groups -OCH3 is 2. The minimum atomic E-state index is -1.36. The van der Waals surface area contributed by atoms with Crippen molar-refractivity contribution >= 4 is 12.4 Å². The fraction of sp³-hybridized carbons (Fsp3) is 0.286. The topological polar surface area (TPSA) is 114 Å². The third kappa shape index (κ3) is 5.05. The van der Waals surface area contributed by atoms with Crippen LogP contribution in [0.3, 0.4) is 0 Å². The lowest BCUT2D eigenvalue weighted by atomic mass is 9.98. The van der Waals surface area contributed by atoms with Crippen molar-refractivity contribution in [1.29, 1.82) is 0 Å². The lowest BCUT2D eigenvalue weighted by molar-refractivity contribution is 0.0110. The molecule has 8 nitrogen and oxygen atoms in total. The Balaban J connectivity index is 1.33. The molecule has 36 heavy (non-hydrogen) atoms. The number of carbonyl (C=O) groups is 2. The van der Waals surface area contributed by atoms with Crippen LogP contribution in [0.1, 0.15) is 45.5 Å². The van der Waals surface area contributed by atoms with Crippen LogP contribution in [0.2, 0.25) is 0 Å².